The van der Waals surface area contributed by atoms with Gasteiger partial charge in [-0.05, 0) is 40.6 Å². The standard InChI is InChI=1S/C30H34N10O7S2/c1-5-16-14-30(16,27(44)36-49(45,46)37-28-34-38-39-35-28)33-24(42)20-13-17(15-40(20)26(43)23(41)29(2,3)4)47-25-22(21-11-8-12-48-21)31-18-9-6-7-10-19(18)32-25/h5-12,16-17,20,23,41H,1,13-15H2,2-4H3,(H,33,42)(H,36,44)(H2,34,35,37,38,39)/t16-,17-,20+,23-,30-/m1/s1. The highest BCUT2D eigenvalue weighted by Gasteiger charge is 2.61. The van der Waals surface area contributed by atoms with Crippen LogP contribution in [0.1, 0.15) is 33.6 Å². The number of nitrogens with zero attached hydrogens (tertiary/aromatic N) is 6. The third kappa shape index (κ3) is 6.94. The lowest BCUT2D eigenvalue weighted by molar-refractivity contribution is -0.150. The van der Waals surface area contributed by atoms with Crippen LogP contribution in [-0.2, 0) is 24.6 Å². The Hall–Kier alpha value is -5.01. The normalized spacial score (nSPS) is 22.7. The van der Waals surface area contributed by atoms with E-state index in [1.807, 2.05) is 45.2 Å². The Morgan fingerprint density at radius 3 is 2.53 bits per heavy atom. The maximum absolute atomic E-state index is 14.0. The second-order valence-corrected chi connectivity index (χ2v) is 15.2. The van der Waals surface area contributed by atoms with Gasteiger partial charge in [0.05, 0.1) is 22.5 Å². The smallest absolute Gasteiger partial charge is 0.326 e. The zero-order valence-electron chi connectivity index (χ0n) is 26.7. The first-order chi connectivity index (χ1) is 23.2. The first kappa shape index (κ1) is 33.9. The molecule has 4 aromatic rings. The molecule has 5 atom stereocenters. The zero-order valence-corrected chi connectivity index (χ0v) is 28.3. The fraction of sp³-hybridized carbons (Fsp3) is 0.400. The van der Waals surface area contributed by atoms with Crippen LogP contribution >= 0.6 is 11.3 Å². The van der Waals surface area contributed by atoms with Crippen molar-refractivity contribution in [2.45, 2.75) is 57.4 Å². The second kappa shape index (κ2) is 12.8. The van der Waals surface area contributed by atoms with Crippen molar-refractivity contribution in [2.75, 3.05) is 11.3 Å². The molecule has 1 aromatic carbocycles. The number of nitrogens with one attached hydrogen (secondary N) is 4. The molecular weight excluding hydrogens is 677 g/mol. The van der Waals surface area contributed by atoms with E-state index in [4.69, 9.17) is 14.7 Å². The summed E-state index contributed by atoms with van der Waals surface area (Å²) in [7, 11) is -4.52. The molecule has 6 rings (SSSR count). The van der Waals surface area contributed by atoms with Crippen molar-refractivity contribution in [2.24, 2.45) is 11.3 Å². The number of aliphatic hydroxyl groups excluding tert-OH is 1. The van der Waals surface area contributed by atoms with Crippen LogP contribution in [0.4, 0.5) is 5.95 Å². The Morgan fingerprint density at radius 1 is 1.18 bits per heavy atom. The van der Waals surface area contributed by atoms with Crippen molar-refractivity contribution in [3.05, 3.63) is 54.4 Å². The minimum absolute atomic E-state index is 0.0268. The summed E-state index contributed by atoms with van der Waals surface area (Å²) in [6.45, 7) is 8.68. The van der Waals surface area contributed by atoms with Gasteiger partial charge in [0.25, 0.3) is 17.8 Å². The molecular formula is C30H34N10O7S2. The molecule has 3 aromatic heterocycles. The van der Waals surface area contributed by atoms with Gasteiger partial charge in [0, 0.05) is 12.3 Å². The molecule has 1 saturated heterocycles. The van der Waals surface area contributed by atoms with Crippen molar-refractivity contribution in [1.29, 1.82) is 0 Å². The van der Waals surface area contributed by atoms with E-state index in [1.165, 1.54) is 22.3 Å². The number of anilines is 1. The fourth-order valence-electron chi connectivity index (χ4n) is 5.60. The van der Waals surface area contributed by atoms with Crippen molar-refractivity contribution in [3.8, 4) is 16.5 Å². The van der Waals surface area contributed by atoms with E-state index in [0.29, 0.717) is 16.7 Å². The van der Waals surface area contributed by atoms with Gasteiger partial charge >= 0.3 is 10.2 Å². The molecule has 1 aliphatic carbocycles. The number of thiophene rings is 1. The van der Waals surface area contributed by atoms with Gasteiger partial charge in [0.15, 0.2) is 0 Å². The maximum Gasteiger partial charge on any atom is 0.326 e. The van der Waals surface area contributed by atoms with Crippen LogP contribution in [0.15, 0.2) is 54.4 Å². The third-order valence-corrected chi connectivity index (χ3v) is 10.1. The van der Waals surface area contributed by atoms with Gasteiger partial charge in [0.1, 0.15) is 29.5 Å². The monoisotopic (exact) mass is 710 g/mol. The summed E-state index contributed by atoms with van der Waals surface area (Å²) >= 11 is 1.45. The molecule has 2 aliphatic rings. The molecule has 4 heterocycles. The molecule has 5 N–H and O–H groups in total. The molecule has 49 heavy (non-hydrogen) atoms. The Kier molecular flexibility index (Phi) is 8.84. The summed E-state index contributed by atoms with van der Waals surface area (Å²) in [5, 5.41) is 27.9. The first-order valence-electron chi connectivity index (χ1n) is 15.2. The number of amides is 3. The average Bonchev–Trinajstić information content (AvgIpc) is 3.53. The van der Waals surface area contributed by atoms with Gasteiger partial charge in [-0.2, -0.15) is 13.6 Å². The predicted octanol–water partition coefficient (Wildman–Crippen LogP) is 1.16. The Bertz CT molecular complexity index is 2000. The predicted molar refractivity (Wildman–Crippen MR) is 177 cm³/mol. The number of aliphatic hydroxyl groups is 1. The number of rotatable bonds is 11. The molecule has 17 nitrogen and oxygen atoms in total. The first-order valence-corrected chi connectivity index (χ1v) is 17.6. The highest BCUT2D eigenvalue weighted by atomic mass is 32.2. The van der Waals surface area contributed by atoms with Crippen molar-refractivity contribution in [1.82, 2.24) is 45.5 Å². The van der Waals surface area contributed by atoms with E-state index < -0.39 is 69.0 Å². The molecule has 0 bridgehead atoms. The SMILES string of the molecule is C=C[C@@H]1C[C@]1(NC(=O)[C@@H]1C[C@@H](Oc2nc3ccccc3nc2-c2cccs2)CN1C(=O)[C@@H](O)C(C)(C)C)C(=O)NS(=O)(=O)Nc1nn[nH]n1. The number of aromatic amines is 1. The number of likely N-dealkylation sites (tertiary alicyclic amines) is 1. The summed E-state index contributed by atoms with van der Waals surface area (Å²) in [4.78, 5) is 52.6. The quantitative estimate of drug-likeness (QED) is 0.138. The molecule has 1 saturated carbocycles. The number of benzene rings is 1. The summed E-state index contributed by atoms with van der Waals surface area (Å²) in [6, 6.07) is 9.86. The summed E-state index contributed by atoms with van der Waals surface area (Å²) in [6.07, 6.45) is -0.783. The van der Waals surface area contributed by atoms with E-state index in [1.54, 1.807) is 26.8 Å². The van der Waals surface area contributed by atoms with E-state index in [9.17, 15) is 27.9 Å². The van der Waals surface area contributed by atoms with Crippen molar-refractivity contribution >= 4 is 56.2 Å². The van der Waals surface area contributed by atoms with Crippen LogP contribution in [0.5, 0.6) is 5.88 Å². The molecule has 3 amide bonds. The zero-order chi connectivity index (χ0) is 35.1. The number of aromatic nitrogens is 6. The number of hydrogen-bond donors (Lipinski definition) is 5. The third-order valence-electron chi connectivity index (χ3n) is 8.32. The molecule has 0 unspecified atom stereocenters. The number of ether oxygens (including phenoxy) is 1. The lowest BCUT2D eigenvalue weighted by Crippen LogP contribution is -2.58. The molecule has 19 heteroatoms. The number of carbonyl (C=O) groups excluding carboxylic acids is 3. The number of carbonyl (C=O) groups is 3. The number of para-hydroxylation sites is 2. The van der Waals surface area contributed by atoms with Crippen LogP contribution in [0.25, 0.3) is 21.6 Å². The van der Waals surface area contributed by atoms with Crippen LogP contribution in [0.3, 0.4) is 0 Å². The van der Waals surface area contributed by atoms with Crippen LogP contribution in [0.2, 0.25) is 0 Å². The molecule has 1 aliphatic heterocycles. The topological polar surface area (TPSA) is 234 Å². The van der Waals surface area contributed by atoms with E-state index in [-0.39, 0.29) is 25.3 Å². The van der Waals surface area contributed by atoms with E-state index in [2.05, 4.69) is 32.5 Å². The largest absolute Gasteiger partial charge is 0.471 e. The van der Waals surface area contributed by atoms with Crippen LogP contribution < -0.4 is 19.5 Å². The molecule has 2 fully saturated rings. The second-order valence-electron chi connectivity index (χ2n) is 12.9. The number of H-pyrrole nitrogens is 1. The minimum Gasteiger partial charge on any atom is -0.471 e. The molecule has 0 radical (unpaired) electrons. The summed E-state index contributed by atoms with van der Waals surface area (Å²) in [5.41, 5.74) is -0.809. The molecule has 258 valence electrons. The van der Waals surface area contributed by atoms with Gasteiger partial charge < -0.3 is 20.1 Å². The van der Waals surface area contributed by atoms with Crippen LogP contribution in [0, 0.1) is 11.3 Å². The fourth-order valence-corrected chi connectivity index (χ4v) is 7.11. The van der Waals surface area contributed by atoms with Gasteiger partial charge in [0.2, 0.25) is 11.8 Å². The van der Waals surface area contributed by atoms with Crippen molar-refractivity contribution < 1.29 is 32.6 Å². The van der Waals surface area contributed by atoms with E-state index in [0.717, 1.165) is 4.88 Å². The summed E-state index contributed by atoms with van der Waals surface area (Å²) in [5.74, 6) is -3.30. The Morgan fingerprint density at radius 2 is 1.92 bits per heavy atom. The number of tetrazole rings is 1. The van der Waals surface area contributed by atoms with Gasteiger partial charge in [-0.15, -0.1) is 23.0 Å². The molecule has 0 spiro atoms. The lowest BCUT2D eigenvalue weighted by Gasteiger charge is -2.32. The lowest BCUT2D eigenvalue weighted by atomic mass is 9.88. The Balaban J connectivity index is 1.27. The highest BCUT2D eigenvalue weighted by molar-refractivity contribution is 7.91. The Labute approximate surface area is 284 Å². The summed E-state index contributed by atoms with van der Waals surface area (Å²) < 4.78 is 35.5. The van der Waals surface area contributed by atoms with Crippen molar-refractivity contribution in [3.63, 3.8) is 0 Å². The van der Waals surface area contributed by atoms with Crippen LogP contribution in [-0.4, -0.2) is 97.1 Å². The number of fused-ring (bicyclic) bond motifs is 1. The van der Waals surface area contributed by atoms with E-state index >= 15 is 0 Å². The minimum atomic E-state index is -4.52. The van der Waals surface area contributed by atoms with Gasteiger partial charge in [-0.1, -0.05) is 50.1 Å². The van der Waals surface area contributed by atoms with Gasteiger partial charge in [-0.3, -0.25) is 14.4 Å². The maximum atomic E-state index is 14.0. The average molecular weight is 711 g/mol. The van der Waals surface area contributed by atoms with Gasteiger partial charge in [-0.25, -0.2) is 19.4 Å². The number of hydrogen-bond acceptors (Lipinski definition) is 13. The highest BCUT2D eigenvalue weighted by Crippen LogP contribution is 2.45.